The van der Waals surface area contributed by atoms with Crippen molar-refractivity contribution in [2.75, 3.05) is 32.8 Å². The number of benzene rings is 2. The molecular formula is C29H38N4O2. The summed E-state index contributed by atoms with van der Waals surface area (Å²) in [5, 5.41) is 8.13. The molecule has 1 N–H and O–H groups in total. The van der Waals surface area contributed by atoms with Gasteiger partial charge in [0.05, 0.1) is 24.5 Å². The van der Waals surface area contributed by atoms with Crippen molar-refractivity contribution >= 4 is 5.91 Å². The van der Waals surface area contributed by atoms with Crippen LogP contribution in [-0.4, -0.2) is 59.0 Å². The second-order valence-electron chi connectivity index (χ2n) is 9.86. The zero-order valence-electron chi connectivity index (χ0n) is 21.5. The Morgan fingerprint density at radius 1 is 1.09 bits per heavy atom. The van der Waals surface area contributed by atoms with E-state index in [4.69, 9.17) is 9.84 Å². The monoisotopic (exact) mass is 474 g/mol. The lowest BCUT2D eigenvalue weighted by atomic mass is 10.0. The number of hydrogen-bond acceptors (Lipinski definition) is 4. The standard InChI is InChI=1S/C29H38N4O2/c1-5-10-24-19-22(6-2)13-14-26(24)33-20-25(27(31-33)23-11-8-7-9-12-23)28(34)30-21-29(3,4)32-15-17-35-18-16-32/h7-9,11-14,19-20H,5-6,10,15-18,21H2,1-4H3,(H,30,34). The molecule has 1 amide bonds. The normalized spacial score (nSPS) is 14.7. The van der Waals surface area contributed by atoms with Crippen LogP contribution in [0.4, 0.5) is 0 Å². The number of carbonyl (C=O) groups excluding carboxylic acids is 1. The van der Waals surface area contributed by atoms with Crippen molar-refractivity contribution in [1.29, 1.82) is 0 Å². The van der Waals surface area contributed by atoms with E-state index in [1.54, 1.807) is 0 Å². The molecule has 35 heavy (non-hydrogen) atoms. The van der Waals surface area contributed by atoms with Gasteiger partial charge in [-0.15, -0.1) is 0 Å². The topological polar surface area (TPSA) is 59.4 Å². The second-order valence-corrected chi connectivity index (χ2v) is 9.86. The largest absolute Gasteiger partial charge is 0.379 e. The van der Waals surface area contributed by atoms with Gasteiger partial charge in [0.25, 0.3) is 5.91 Å². The van der Waals surface area contributed by atoms with Crippen LogP contribution in [-0.2, 0) is 17.6 Å². The van der Waals surface area contributed by atoms with Crippen molar-refractivity contribution in [2.45, 2.75) is 52.5 Å². The van der Waals surface area contributed by atoms with E-state index in [0.29, 0.717) is 17.8 Å². The van der Waals surface area contributed by atoms with E-state index in [-0.39, 0.29) is 11.4 Å². The van der Waals surface area contributed by atoms with Gasteiger partial charge in [0.1, 0.15) is 5.69 Å². The molecule has 1 fully saturated rings. The first-order chi connectivity index (χ1) is 16.9. The van der Waals surface area contributed by atoms with E-state index in [9.17, 15) is 4.79 Å². The minimum atomic E-state index is -0.160. The Hall–Kier alpha value is -2.96. The number of carbonyl (C=O) groups is 1. The van der Waals surface area contributed by atoms with Crippen molar-refractivity contribution in [3.05, 3.63) is 71.4 Å². The maximum Gasteiger partial charge on any atom is 0.255 e. The molecule has 6 nitrogen and oxygen atoms in total. The Labute approximate surface area is 209 Å². The molecule has 1 saturated heterocycles. The Morgan fingerprint density at radius 2 is 1.83 bits per heavy atom. The van der Waals surface area contributed by atoms with Crippen molar-refractivity contribution < 1.29 is 9.53 Å². The van der Waals surface area contributed by atoms with E-state index in [0.717, 1.165) is 56.8 Å². The first-order valence-electron chi connectivity index (χ1n) is 12.8. The molecule has 4 rings (SSSR count). The van der Waals surface area contributed by atoms with Crippen LogP contribution in [0.1, 0.15) is 55.6 Å². The third-order valence-electron chi connectivity index (χ3n) is 6.87. The number of aromatic nitrogens is 2. The molecular weight excluding hydrogens is 436 g/mol. The summed E-state index contributed by atoms with van der Waals surface area (Å²) in [6.07, 6.45) is 4.91. The van der Waals surface area contributed by atoms with Gasteiger partial charge in [-0.1, -0.05) is 62.7 Å². The van der Waals surface area contributed by atoms with Crippen LogP contribution in [0.5, 0.6) is 0 Å². The predicted octanol–water partition coefficient (Wildman–Crippen LogP) is 4.89. The molecule has 186 valence electrons. The number of amides is 1. The summed E-state index contributed by atoms with van der Waals surface area (Å²) in [5.74, 6) is -0.0985. The number of hydrogen-bond donors (Lipinski definition) is 1. The second kappa shape index (κ2) is 11.2. The third kappa shape index (κ3) is 5.82. The minimum absolute atomic E-state index is 0.0985. The fourth-order valence-corrected chi connectivity index (χ4v) is 4.70. The van der Waals surface area contributed by atoms with Gasteiger partial charge in [-0.05, 0) is 43.9 Å². The molecule has 3 aromatic rings. The number of nitrogens with zero attached hydrogens (tertiary/aromatic N) is 3. The Morgan fingerprint density at radius 3 is 2.51 bits per heavy atom. The first kappa shape index (κ1) is 25.1. The van der Waals surface area contributed by atoms with Crippen LogP contribution in [0.2, 0.25) is 0 Å². The highest BCUT2D eigenvalue weighted by molar-refractivity contribution is 6.00. The maximum atomic E-state index is 13.5. The predicted molar refractivity (Wildman–Crippen MR) is 141 cm³/mol. The highest BCUT2D eigenvalue weighted by atomic mass is 16.5. The number of morpholine rings is 1. The van der Waals surface area contributed by atoms with Crippen molar-refractivity contribution in [3.8, 4) is 16.9 Å². The van der Waals surface area contributed by atoms with E-state index in [2.05, 4.69) is 56.1 Å². The highest BCUT2D eigenvalue weighted by Gasteiger charge is 2.29. The first-order valence-corrected chi connectivity index (χ1v) is 12.8. The van der Waals surface area contributed by atoms with E-state index in [1.165, 1.54) is 11.1 Å². The fraction of sp³-hybridized carbons (Fsp3) is 0.448. The number of rotatable bonds is 9. The quantitative estimate of drug-likeness (QED) is 0.480. The zero-order chi connectivity index (χ0) is 24.8. The lowest BCUT2D eigenvalue weighted by Gasteiger charge is -2.40. The molecule has 6 heteroatoms. The Balaban J connectivity index is 1.66. The van der Waals surface area contributed by atoms with Gasteiger partial charge < -0.3 is 10.1 Å². The highest BCUT2D eigenvalue weighted by Crippen LogP contribution is 2.26. The molecule has 0 bridgehead atoms. The molecule has 0 aliphatic carbocycles. The van der Waals surface area contributed by atoms with Crippen LogP contribution in [0, 0.1) is 0 Å². The van der Waals surface area contributed by atoms with Gasteiger partial charge in [-0.2, -0.15) is 5.10 Å². The van der Waals surface area contributed by atoms with Gasteiger partial charge in [0.2, 0.25) is 0 Å². The number of ether oxygens (including phenoxy) is 1. The van der Waals surface area contributed by atoms with E-state index >= 15 is 0 Å². The van der Waals surface area contributed by atoms with Crippen LogP contribution >= 0.6 is 0 Å². The van der Waals surface area contributed by atoms with Crippen LogP contribution in [0.3, 0.4) is 0 Å². The average molecular weight is 475 g/mol. The van der Waals surface area contributed by atoms with Crippen molar-refractivity contribution in [2.24, 2.45) is 0 Å². The molecule has 0 spiro atoms. The summed E-state index contributed by atoms with van der Waals surface area (Å²) in [7, 11) is 0. The summed E-state index contributed by atoms with van der Waals surface area (Å²) in [4.78, 5) is 15.9. The van der Waals surface area contributed by atoms with Crippen LogP contribution in [0.15, 0.2) is 54.7 Å². The van der Waals surface area contributed by atoms with E-state index in [1.807, 2.05) is 41.2 Å². The molecule has 2 heterocycles. The molecule has 1 aliphatic rings. The summed E-state index contributed by atoms with van der Waals surface area (Å²) >= 11 is 0. The lowest BCUT2D eigenvalue weighted by molar-refractivity contribution is -0.00923. The van der Waals surface area contributed by atoms with Crippen LogP contribution in [0.25, 0.3) is 16.9 Å². The van der Waals surface area contributed by atoms with Crippen molar-refractivity contribution in [3.63, 3.8) is 0 Å². The van der Waals surface area contributed by atoms with E-state index < -0.39 is 0 Å². The smallest absolute Gasteiger partial charge is 0.255 e. The summed E-state index contributed by atoms with van der Waals surface area (Å²) in [6.45, 7) is 12.5. The molecule has 0 radical (unpaired) electrons. The van der Waals surface area contributed by atoms with Crippen LogP contribution < -0.4 is 5.32 Å². The number of nitrogens with one attached hydrogen (secondary N) is 1. The average Bonchev–Trinajstić information content (AvgIpc) is 3.34. The Bertz CT molecular complexity index is 1130. The molecule has 0 unspecified atom stereocenters. The molecule has 1 aliphatic heterocycles. The van der Waals surface area contributed by atoms with Gasteiger partial charge >= 0.3 is 0 Å². The fourth-order valence-electron chi connectivity index (χ4n) is 4.70. The van der Waals surface area contributed by atoms with Gasteiger partial charge in [0, 0.05) is 36.9 Å². The zero-order valence-corrected chi connectivity index (χ0v) is 21.5. The molecule has 0 atom stereocenters. The summed E-state index contributed by atoms with van der Waals surface area (Å²) < 4.78 is 7.38. The number of aryl methyl sites for hydroxylation is 2. The van der Waals surface area contributed by atoms with Gasteiger partial charge in [-0.3, -0.25) is 9.69 Å². The third-order valence-corrected chi connectivity index (χ3v) is 6.87. The summed E-state index contributed by atoms with van der Waals surface area (Å²) in [6, 6.07) is 16.5. The SMILES string of the molecule is CCCc1cc(CC)ccc1-n1cc(C(=O)NCC(C)(C)N2CCOCC2)c(-c2ccccc2)n1. The summed E-state index contributed by atoms with van der Waals surface area (Å²) in [5.41, 5.74) is 5.68. The van der Waals surface area contributed by atoms with Crippen molar-refractivity contribution in [1.82, 2.24) is 20.0 Å². The maximum absolute atomic E-state index is 13.5. The van der Waals surface area contributed by atoms with Gasteiger partial charge in [0.15, 0.2) is 0 Å². The lowest BCUT2D eigenvalue weighted by Crippen LogP contribution is -2.55. The minimum Gasteiger partial charge on any atom is -0.379 e. The molecule has 0 saturated carbocycles. The van der Waals surface area contributed by atoms with Gasteiger partial charge in [-0.25, -0.2) is 4.68 Å². The molecule has 1 aromatic heterocycles. The Kier molecular flexibility index (Phi) is 8.04. The molecule has 2 aromatic carbocycles.